The van der Waals surface area contributed by atoms with Gasteiger partial charge in [0, 0.05) is 16.1 Å². The van der Waals surface area contributed by atoms with Crippen LogP contribution in [0.4, 0.5) is 0 Å². The molecule has 0 aliphatic heterocycles. The average molecular weight is 413 g/mol. The molecule has 0 atom stereocenters. The molecule has 6 heteroatoms. The predicted molar refractivity (Wildman–Crippen MR) is 106 cm³/mol. The van der Waals surface area contributed by atoms with Gasteiger partial charge in [-0.05, 0) is 41.0 Å². The monoisotopic (exact) mass is 412 g/mol. The van der Waals surface area contributed by atoms with E-state index in [2.05, 4.69) is 26.5 Å². The highest BCUT2D eigenvalue weighted by Gasteiger charge is 2.09. The minimum atomic E-state index is -0.260. The summed E-state index contributed by atoms with van der Waals surface area (Å²) in [5, 5.41) is 25.2. The van der Waals surface area contributed by atoms with Gasteiger partial charge >= 0.3 is 0 Å². The van der Waals surface area contributed by atoms with Gasteiger partial charge < -0.3 is 10.2 Å². The number of phenolic OH excluding ortho intramolecular Hbond substituents is 2. The second-order valence-electron chi connectivity index (χ2n) is 5.92. The van der Waals surface area contributed by atoms with E-state index in [4.69, 9.17) is 0 Å². The first-order valence-electron chi connectivity index (χ1n) is 7.96. The van der Waals surface area contributed by atoms with Crippen molar-refractivity contribution in [1.29, 1.82) is 0 Å². The van der Waals surface area contributed by atoms with Crippen molar-refractivity contribution >= 4 is 38.8 Å². The maximum atomic E-state index is 12.2. The molecular formula is C20H17BrN2O3. The number of aryl methyl sites for hydroxylation is 1. The number of rotatable bonds is 4. The molecule has 1 amide bonds. The molecule has 0 spiro atoms. The van der Waals surface area contributed by atoms with Crippen molar-refractivity contribution in [2.45, 2.75) is 13.3 Å². The lowest BCUT2D eigenvalue weighted by atomic mass is 10.0. The fraction of sp³-hybridized carbons (Fsp3) is 0.100. The average Bonchev–Trinajstić information content (AvgIpc) is 2.60. The Hall–Kier alpha value is -2.86. The third kappa shape index (κ3) is 3.86. The van der Waals surface area contributed by atoms with E-state index in [9.17, 15) is 15.0 Å². The summed E-state index contributed by atoms with van der Waals surface area (Å²) in [5.74, 6) is -0.382. The summed E-state index contributed by atoms with van der Waals surface area (Å²) in [6, 6.07) is 14.4. The molecule has 0 aliphatic carbocycles. The van der Waals surface area contributed by atoms with E-state index in [1.165, 1.54) is 18.3 Å². The largest absolute Gasteiger partial charge is 0.508 e. The van der Waals surface area contributed by atoms with Gasteiger partial charge in [-0.15, -0.1) is 0 Å². The van der Waals surface area contributed by atoms with E-state index in [-0.39, 0.29) is 23.8 Å². The summed E-state index contributed by atoms with van der Waals surface area (Å²) in [4.78, 5) is 12.2. The highest BCUT2D eigenvalue weighted by molar-refractivity contribution is 9.10. The molecule has 0 saturated carbocycles. The molecule has 0 unspecified atom stereocenters. The van der Waals surface area contributed by atoms with Gasteiger partial charge in [-0.25, -0.2) is 5.43 Å². The van der Waals surface area contributed by atoms with Gasteiger partial charge in [-0.2, -0.15) is 5.10 Å². The molecule has 3 aromatic rings. The summed E-state index contributed by atoms with van der Waals surface area (Å²) in [7, 11) is 0. The highest BCUT2D eigenvalue weighted by Crippen LogP contribution is 2.27. The Morgan fingerprint density at radius 1 is 1.15 bits per heavy atom. The number of carbonyl (C=O) groups is 1. The van der Waals surface area contributed by atoms with Crippen LogP contribution in [0.5, 0.6) is 11.5 Å². The topological polar surface area (TPSA) is 81.9 Å². The number of aromatic hydroxyl groups is 2. The number of nitrogens with one attached hydrogen (secondary N) is 1. The molecule has 0 saturated heterocycles. The van der Waals surface area contributed by atoms with Crippen molar-refractivity contribution in [1.82, 2.24) is 5.43 Å². The zero-order chi connectivity index (χ0) is 18.7. The number of phenols is 2. The van der Waals surface area contributed by atoms with Gasteiger partial charge in [0.2, 0.25) is 5.91 Å². The Labute approximate surface area is 159 Å². The van der Waals surface area contributed by atoms with Crippen LogP contribution in [0.2, 0.25) is 0 Å². The van der Waals surface area contributed by atoms with Gasteiger partial charge in [-0.1, -0.05) is 46.3 Å². The predicted octanol–water partition coefficient (Wildman–Crippen LogP) is 4.01. The van der Waals surface area contributed by atoms with E-state index >= 15 is 0 Å². The SMILES string of the molecule is Cc1cc(O)cc(O)c1C=NNC(=O)Cc1ccc(Br)c2ccccc12. The van der Waals surface area contributed by atoms with Crippen molar-refractivity contribution in [3.8, 4) is 11.5 Å². The molecule has 5 nitrogen and oxygen atoms in total. The maximum Gasteiger partial charge on any atom is 0.244 e. The number of hydrogen-bond acceptors (Lipinski definition) is 4. The zero-order valence-corrected chi connectivity index (χ0v) is 15.6. The fourth-order valence-corrected chi connectivity index (χ4v) is 3.27. The molecular weight excluding hydrogens is 396 g/mol. The second-order valence-corrected chi connectivity index (χ2v) is 6.77. The lowest BCUT2D eigenvalue weighted by molar-refractivity contribution is -0.120. The Morgan fingerprint density at radius 2 is 1.88 bits per heavy atom. The Balaban J connectivity index is 1.74. The van der Waals surface area contributed by atoms with Crippen LogP contribution in [-0.4, -0.2) is 22.3 Å². The summed E-state index contributed by atoms with van der Waals surface area (Å²) in [6.07, 6.45) is 1.55. The summed E-state index contributed by atoms with van der Waals surface area (Å²) in [5.41, 5.74) is 4.47. The minimum Gasteiger partial charge on any atom is -0.508 e. The first-order valence-corrected chi connectivity index (χ1v) is 8.75. The number of benzene rings is 3. The van der Waals surface area contributed by atoms with Gasteiger partial charge in [0.1, 0.15) is 11.5 Å². The molecule has 0 radical (unpaired) electrons. The molecule has 0 fully saturated rings. The molecule has 3 aromatic carbocycles. The van der Waals surface area contributed by atoms with Crippen LogP contribution in [0.15, 0.2) is 58.1 Å². The van der Waals surface area contributed by atoms with Crippen molar-refractivity contribution in [3.05, 3.63) is 69.7 Å². The molecule has 0 bridgehead atoms. The van der Waals surface area contributed by atoms with Crippen molar-refractivity contribution < 1.29 is 15.0 Å². The van der Waals surface area contributed by atoms with Crippen molar-refractivity contribution in [3.63, 3.8) is 0 Å². The lowest BCUT2D eigenvalue weighted by Crippen LogP contribution is -2.20. The molecule has 3 rings (SSSR count). The van der Waals surface area contributed by atoms with Crippen LogP contribution in [0.25, 0.3) is 10.8 Å². The molecule has 0 heterocycles. The zero-order valence-electron chi connectivity index (χ0n) is 14.0. The van der Waals surface area contributed by atoms with E-state index < -0.39 is 0 Å². The Kier molecular flexibility index (Phi) is 5.23. The van der Waals surface area contributed by atoms with E-state index in [0.29, 0.717) is 11.1 Å². The van der Waals surface area contributed by atoms with Crippen LogP contribution in [0.1, 0.15) is 16.7 Å². The van der Waals surface area contributed by atoms with E-state index in [1.54, 1.807) is 6.92 Å². The Morgan fingerprint density at radius 3 is 2.62 bits per heavy atom. The number of halogens is 1. The summed E-state index contributed by atoms with van der Waals surface area (Å²) < 4.78 is 0.980. The third-order valence-corrected chi connectivity index (χ3v) is 4.74. The van der Waals surface area contributed by atoms with Crippen LogP contribution in [0, 0.1) is 6.92 Å². The summed E-state index contributed by atoms with van der Waals surface area (Å²) in [6.45, 7) is 1.73. The Bertz CT molecular complexity index is 992. The first-order chi connectivity index (χ1) is 12.5. The van der Waals surface area contributed by atoms with E-state index in [1.807, 2.05) is 36.4 Å². The molecule has 26 heavy (non-hydrogen) atoms. The number of hydrogen-bond donors (Lipinski definition) is 3. The van der Waals surface area contributed by atoms with Crippen molar-refractivity contribution in [2.24, 2.45) is 5.10 Å². The molecule has 0 aliphatic rings. The van der Waals surface area contributed by atoms with Crippen LogP contribution in [-0.2, 0) is 11.2 Å². The number of fused-ring (bicyclic) bond motifs is 1. The smallest absolute Gasteiger partial charge is 0.244 e. The molecule has 0 aromatic heterocycles. The fourth-order valence-electron chi connectivity index (χ4n) is 2.79. The first kappa shape index (κ1) is 17.9. The third-order valence-electron chi connectivity index (χ3n) is 4.04. The summed E-state index contributed by atoms with van der Waals surface area (Å²) >= 11 is 3.52. The van der Waals surface area contributed by atoms with Crippen molar-refractivity contribution in [2.75, 3.05) is 0 Å². The van der Waals surface area contributed by atoms with Gasteiger partial charge in [0.25, 0.3) is 0 Å². The molecule has 3 N–H and O–H groups in total. The number of amides is 1. The highest BCUT2D eigenvalue weighted by atomic mass is 79.9. The van der Waals surface area contributed by atoms with E-state index in [0.717, 1.165) is 20.8 Å². The molecule has 132 valence electrons. The van der Waals surface area contributed by atoms with Crippen LogP contribution >= 0.6 is 15.9 Å². The number of nitrogens with zero attached hydrogens (tertiary/aromatic N) is 1. The standard InChI is InChI=1S/C20H17BrN2O3/c1-12-8-14(24)10-19(25)17(12)11-22-23-20(26)9-13-6-7-18(21)16-5-3-2-4-15(13)16/h2-8,10-11,24-25H,9H2,1H3,(H,23,26). The van der Waals surface area contributed by atoms with Gasteiger partial charge in [-0.3, -0.25) is 4.79 Å². The number of hydrazone groups is 1. The normalized spacial score (nSPS) is 11.2. The van der Waals surface area contributed by atoms with Crippen LogP contribution in [0.3, 0.4) is 0 Å². The van der Waals surface area contributed by atoms with Crippen LogP contribution < -0.4 is 5.43 Å². The minimum absolute atomic E-state index is 0.0247. The van der Waals surface area contributed by atoms with Gasteiger partial charge in [0.15, 0.2) is 0 Å². The maximum absolute atomic E-state index is 12.2. The van der Waals surface area contributed by atoms with Gasteiger partial charge in [0.05, 0.1) is 12.6 Å². The second kappa shape index (κ2) is 7.58. The lowest BCUT2D eigenvalue weighted by Gasteiger charge is -2.08. The quantitative estimate of drug-likeness (QED) is 0.447. The number of carbonyl (C=O) groups excluding carboxylic acids is 1.